The number of anilines is 1. The van der Waals surface area contributed by atoms with Crippen molar-refractivity contribution in [1.29, 1.82) is 0 Å². The highest BCUT2D eigenvalue weighted by molar-refractivity contribution is 6.31. The second kappa shape index (κ2) is 6.83. The van der Waals surface area contributed by atoms with E-state index in [-0.39, 0.29) is 5.91 Å². The Balaban J connectivity index is 1.54. The van der Waals surface area contributed by atoms with Gasteiger partial charge < -0.3 is 9.73 Å². The van der Waals surface area contributed by atoms with Gasteiger partial charge in [-0.3, -0.25) is 4.79 Å². The Kier molecular flexibility index (Phi) is 4.37. The molecule has 1 amide bonds. The molecule has 0 atom stereocenters. The predicted molar refractivity (Wildman–Crippen MR) is 104 cm³/mol. The Morgan fingerprint density at radius 2 is 1.58 bits per heavy atom. The zero-order chi connectivity index (χ0) is 18.1. The fraction of sp³-hybridized carbons (Fsp3) is 0. The summed E-state index contributed by atoms with van der Waals surface area (Å²) in [5.74, 6) is 0.295. The maximum atomic E-state index is 12.2. The first-order valence-electron chi connectivity index (χ1n) is 7.82. The number of oxazole rings is 1. The minimum atomic E-state index is -0.203. The summed E-state index contributed by atoms with van der Waals surface area (Å²) >= 11 is 11.8. The van der Waals surface area contributed by atoms with Crippen LogP contribution in [0.25, 0.3) is 22.6 Å². The van der Waals surface area contributed by atoms with Gasteiger partial charge >= 0.3 is 0 Å². The first kappa shape index (κ1) is 16.6. The number of halogens is 2. The summed E-state index contributed by atoms with van der Waals surface area (Å²) in [6.45, 7) is 0. The highest BCUT2D eigenvalue weighted by Crippen LogP contribution is 2.27. The molecule has 0 fully saturated rings. The number of nitrogens with one attached hydrogen (secondary N) is 1. The molecular weight excluding hydrogens is 371 g/mol. The van der Waals surface area contributed by atoms with E-state index in [9.17, 15) is 4.79 Å². The van der Waals surface area contributed by atoms with Crippen LogP contribution in [-0.2, 0) is 0 Å². The molecule has 0 aliphatic rings. The summed E-state index contributed by atoms with van der Waals surface area (Å²) < 4.78 is 5.74. The van der Waals surface area contributed by atoms with Crippen LogP contribution in [0, 0.1) is 0 Å². The number of carbonyl (C=O) groups is 1. The molecule has 4 aromatic rings. The van der Waals surface area contributed by atoms with Gasteiger partial charge in [-0.05, 0) is 66.7 Å². The number of nitrogens with zero attached hydrogens (tertiary/aromatic N) is 1. The molecule has 128 valence electrons. The maximum Gasteiger partial charge on any atom is 0.255 e. The van der Waals surface area contributed by atoms with Crippen molar-refractivity contribution in [1.82, 2.24) is 4.98 Å². The van der Waals surface area contributed by atoms with Gasteiger partial charge in [0.15, 0.2) is 5.58 Å². The molecule has 6 heteroatoms. The highest BCUT2D eigenvalue weighted by Gasteiger charge is 2.10. The number of benzene rings is 3. The van der Waals surface area contributed by atoms with Crippen LogP contribution in [0.15, 0.2) is 71.1 Å². The van der Waals surface area contributed by atoms with E-state index in [1.165, 1.54) is 0 Å². The molecule has 0 unspecified atom stereocenters. The molecule has 0 saturated carbocycles. The highest BCUT2D eigenvalue weighted by atomic mass is 35.5. The van der Waals surface area contributed by atoms with Crippen LogP contribution in [-0.4, -0.2) is 10.9 Å². The van der Waals surface area contributed by atoms with Crippen LogP contribution in [0.5, 0.6) is 0 Å². The van der Waals surface area contributed by atoms with Crippen molar-refractivity contribution in [3.63, 3.8) is 0 Å². The van der Waals surface area contributed by atoms with Crippen LogP contribution in [0.1, 0.15) is 10.4 Å². The Bertz CT molecular complexity index is 1090. The molecule has 0 radical (unpaired) electrons. The minimum absolute atomic E-state index is 0.203. The Hall–Kier alpha value is -2.82. The zero-order valence-corrected chi connectivity index (χ0v) is 14.9. The Labute approximate surface area is 159 Å². The smallest absolute Gasteiger partial charge is 0.255 e. The lowest BCUT2D eigenvalue weighted by Gasteiger charge is -2.06. The van der Waals surface area contributed by atoms with E-state index in [0.717, 1.165) is 5.56 Å². The lowest BCUT2D eigenvalue weighted by molar-refractivity contribution is 0.102. The second-order valence-electron chi connectivity index (χ2n) is 5.67. The van der Waals surface area contributed by atoms with E-state index in [4.69, 9.17) is 27.6 Å². The largest absolute Gasteiger partial charge is 0.436 e. The van der Waals surface area contributed by atoms with Gasteiger partial charge in [0.25, 0.3) is 5.91 Å². The fourth-order valence-electron chi connectivity index (χ4n) is 2.52. The van der Waals surface area contributed by atoms with E-state index >= 15 is 0 Å². The molecule has 26 heavy (non-hydrogen) atoms. The van der Waals surface area contributed by atoms with Gasteiger partial charge in [-0.15, -0.1) is 0 Å². The van der Waals surface area contributed by atoms with Crippen molar-refractivity contribution in [3.05, 3.63) is 82.3 Å². The molecule has 4 rings (SSSR count). The van der Waals surface area contributed by atoms with Crippen LogP contribution in [0.2, 0.25) is 10.0 Å². The summed E-state index contributed by atoms with van der Waals surface area (Å²) in [5.41, 5.74) is 3.39. The summed E-state index contributed by atoms with van der Waals surface area (Å²) in [4.78, 5) is 16.7. The average Bonchev–Trinajstić information content (AvgIpc) is 3.06. The summed E-state index contributed by atoms with van der Waals surface area (Å²) in [6.07, 6.45) is 0. The van der Waals surface area contributed by atoms with Crippen LogP contribution >= 0.6 is 23.2 Å². The van der Waals surface area contributed by atoms with E-state index in [1.54, 1.807) is 54.6 Å². The van der Waals surface area contributed by atoms with Crippen molar-refractivity contribution in [2.45, 2.75) is 0 Å². The number of hydrogen-bond donors (Lipinski definition) is 1. The number of fused-ring (bicyclic) bond motifs is 1. The zero-order valence-electron chi connectivity index (χ0n) is 13.4. The van der Waals surface area contributed by atoms with Gasteiger partial charge in [0, 0.05) is 26.9 Å². The van der Waals surface area contributed by atoms with Gasteiger partial charge in [-0.2, -0.15) is 0 Å². The fourth-order valence-corrected chi connectivity index (χ4v) is 2.82. The van der Waals surface area contributed by atoms with Crippen molar-refractivity contribution in [2.24, 2.45) is 0 Å². The quantitative estimate of drug-likeness (QED) is 0.468. The third kappa shape index (κ3) is 3.43. The summed E-state index contributed by atoms with van der Waals surface area (Å²) in [6, 6.07) is 19.3. The molecule has 1 aromatic heterocycles. The van der Waals surface area contributed by atoms with E-state index in [0.29, 0.717) is 38.3 Å². The summed E-state index contributed by atoms with van der Waals surface area (Å²) in [7, 11) is 0. The normalized spacial score (nSPS) is 10.8. The lowest BCUT2D eigenvalue weighted by atomic mass is 10.2. The van der Waals surface area contributed by atoms with Gasteiger partial charge in [-0.25, -0.2) is 4.98 Å². The van der Waals surface area contributed by atoms with Crippen molar-refractivity contribution in [3.8, 4) is 11.5 Å². The lowest BCUT2D eigenvalue weighted by Crippen LogP contribution is -2.11. The Morgan fingerprint density at radius 3 is 2.31 bits per heavy atom. The number of rotatable bonds is 3. The van der Waals surface area contributed by atoms with Crippen molar-refractivity contribution < 1.29 is 9.21 Å². The molecule has 0 bridgehead atoms. The first-order chi connectivity index (χ1) is 12.6. The number of hydrogen-bond acceptors (Lipinski definition) is 3. The first-order valence-corrected chi connectivity index (χ1v) is 8.57. The van der Waals surface area contributed by atoms with E-state index in [2.05, 4.69) is 10.3 Å². The van der Waals surface area contributed by atoms with E-state index in [1.807, 2.05) is 12.1 Å². The molecule has 0 spiro atoms. The van der Waals surface area contributed by atoms with Gasteiger partial charge in [0.2, 0.25) is 5.89 Å². The summed E-state index contributed by atoms with van der Waals surface area (Å²) in [5, 5.41) is 4.04. The number of aromatic nitrogens is 1. The van der Waals surface area contributed by atoms with Crippen molar-refractivity contribution >= 4 is 45.9 Å². The second-order valence-corrected chi connectivity index (χ2v) is 6.54. The molecule has 1 N–H and O–H groups in total. The molecule has 3 aromatic carbocycles. The molecule has 0 aliphatic heterocycles. The molecular formula is C20H12Cl2N2O2. The van der Waals surface area contributed by atoms with Crippen LogP contribution < -0.4 is 5.32 Å². The Morgan fingerprint density at radius 1 is 0.885 bits per heavy atom. The standard InChI is InChI=1S/C20H12Cl2N2O2/c21-14-5-1-12(2-6-14)19(25)23-16-8-3-13(4-9-16)20-24-17-11-15(22)7-10-18(17)26-20/h1-11H,(H,23,25). The van der Waals surface area contributed by atoms with Crippen LogP contribution in [0.4, 0.5) is 5.69 Å². The van der Waals surface area contributed by atoms with Crippen molar-refractivity contribution in [2.75, 3.05) is 5.32 Å². The predicted octanol–water partition coefficient (Wildman–Crippen LogP) is 6.05. The monoisotopic (exact) mass is 382 g/mol. The van der Waals surface area contributed by atoms with Gasteiger partial charge in [0.1, 0.15) is 5.52 Å². The third-order valence-electron chi connectivity index (χ3n) is 3.85. The third-order valence-corrected chi connectivity index (χ3v) is 4.33. The number of carbonyl (C=O) groups excluding carboxylic acids is 1. The van der Waals surface area contributed by atoms with E-state index < -0.39 is 0 Å². The minimum Gasteiger partial charge on any atom is -0.436 e. The maximum absolute atomic E-state index is 12.2. The molecule has 0 saturated heterocycles. The molecule has 4 nitrogen and oxygen atoms in total. The van der Waals surface area contributed by atoms with Crippen LogP contribution in [0.3, 0.4) is 0 Å². The molecule has 0 aliphatic carbocycles. The van der Waals surface area contributed by atoms with Gasteiger partial charge in [0.05, 0.1) is 0 Å². The topological polar surface area (TPSA) is 55.1 Å². The SMILES string of the molecule is O=C(Nc1ccc(-c2nc3cc(Cl)ccc3o2)cc1)c1ccc(Cl)cc1. The number of amides is 1. The molecule has 1 heterocycles. The van der Waals surface area contributed by atoms with Gasteiger partial charge in [-0.1, -0.05) is 23.2 Å². The average molecular weight is 383 g/mol.